The zero-order chi connectivity index (χ0) is 21.4. The van der Waals surface area contributed by atoms with Gasteiger partial charge in [-0.05, 0) is 61.1 Å². The van der Waals surface area contributed by atoms with E-state index in [1.807, 2.05) is 29.2 Å². The molecule has 4 N–H and O–H groups in total. The zero-order valence-corrected chi connectivity index (χ0v) is 18.4. The van der Waals surface area contributed by atoms with Crippen LogP contribution in [-0.4, -0.2) is 49.2 Å². The van der Waals surface area contributed by atoms with Gasteiger partial charge in [-0.2, -0.15) is 0 Å². The molecule has 1 saturated heterocycles. The SMILES string of the molecule is NC=NC=NCC1(C2CCCCC2)CCN(C(=O)C(N)Cc2ccc(Cl)cc2)CC1. The van der Waals surface area contributed by atoms with Crippen LogP contribution < -0.4 is 11.5 Å². The lowest BCUT2D eigenvalue weighted by molar-refractivity contribution is -0.135. The molecule has 1 aromatic carbocycles. The molecule has 0 aromatic heterocycles. The lowest BCUT2D eigenvalue weighted by Gasteiger charge is -2.47. The molecule has 0 bridgehead atoms. The van der Waals surface area contributed by atoms with Crippen LogP contribution in [0, 0.1) is 11.3 Å². The van der Waals surface area contributed by atoms with Crippen LogP contribution in [0.5, 0.6) is 0 Å². The van der Waals surface area contributed by atoms with E-state index in [0.29, 0.717) is 17.4 Å². The van der Waals surface area contributed by atoms with Crippen molar-refractivity contribution in [3.05, 3.63) is 34.9 Å². The molecule has 7 heteroatoms. The first-order valence-corrected chi connectivity index (χ1v) is 11.4. The van der Waals surface area contributed by atoms with Gasteiger partial charge < -0.3 is 16.4 Å². The van der Waals surface area contributed by atoms with Gasteiger partial charge in [0, 0.05) is 24.7 Å². The van der Waals surface area contributed by atoms with Gasteiger partial charge in [0.05, 0.1) is 12.4 Å². The Bertz CT molecular complexity index is 734. The van der Waals surface area contributed by atoms with Gasteiger partial charge in [0.1, 0.15) is 6.34 Å². The predicted molar refractivity (Wildman–Crippen MR) is 124 cm³/mol. The summed E-state index contributed by atoms with van der Waals surface area (Å²) in [6, 6.07) is 7.01. The minimum atomic E-state index is -0.523. The molecule has 164 valence electrons. The number of amides is 1. The molecule has 1 heterocycles. The maximum atomic E-state index is 13.0. The van der Waals surface area contributed by atoms with E-state index in [-0.39, 0.29) is 11.3 Å². The lowest BCUT2D eigenvalue weighted by Crippen LogP contribution is -2.52. The number of benzene rings is 1. The van der Waals surface area contributed by atoms with Crippen molar-refractivity contribution in [3.8, 4) is 0 Å². The van der Waals surface area contributed by atoms with E-state index in [1.165, 1.54) is 38.4 Å². The number of hydrogen-bond donors (Lipinski definition) is 2. The molecule has 0 spiro atoms. The molecule has 1 saturated carbocycles. The van der Waals surface area contributed by atoms with E-state index in [1.54, 1.807) is 6.34 Å². The summed E-state index contributed by atoms with van der Waals surface area (Å²) < 4.78 is 0. The van der Waals surface area contributed by atoms with E-state index in [4.69, 9.17) is 23.1 Å². The summed E-state index contributed by atoms with van der Waals surface area (Å²) in [5, 5.41) is 0.688. The van der Waals surface area contributed by atoms with E-state index < -0.39 is 6.04 Å². The van der Waals surface area contributed by atoms with E-state index in [2.05, 4.69) is 9.98 Å². The van der Waals surface area contributed by atoms with Gasteiger partial charge in [-0.25, -0.2) is 4.99 Å². The first-order valence-electron chi connectivity index (χ1n) is 11.0. The highest BCUT2D eigenvalue weighted by molar-refractivity contribution is 6.30. The average molecular weight is 432 g/mol. The van der Waals surface area contributed by atoms with Gasteiger partial charge in [0.25, 0.3) is 0 Å². The third-order valence-electron chi connectivity index (χ3n) is 6.87. The Morgan fingerprint density at radius 2 is 1.87 bits per heavy atom. The molecule has 6 nitrogen and oxygen atoms in total. The van der Waals surface area contributed by atoms with Crippen molar-refractivity contribution >= 4 is 30.2 Å². The zero-order valence-electron chi connectivity index (χ0n) is 17.7. The first-order chi connectivity index (χ1) is 14.5. The molecule has 30 heavy (non-hydrogen) atoms. The Morgan fingerprint density at radius 3 is 2.50 bits per heavy atom. The monoisotopic (exact) mass is 431 g/mol. The summed E-state index contributed by atoms with van der Waals surface area (Å²) in [5.41, 5.74) is 12.8. The van der Waals surface area contributed by atoms with E-state index >= 15 is 0 Å². The highest BCUT2D eigenvalue weighted by Gasteiger charge is 2.42. The second kappa shape index (κ2) is 10.9. The fourth-order valence-corrected chi connectivity index (χ4v) is 5.21. The Kier molecular flexibility index (Phi) is 8.28. The van der Waals surface area contributed by atoms with Gasteiger partial charge in [0.15, 0.2) is 0 Å². The molecule has 2 fully saturated rings. The fourth-order valence-electron chi connectivity index (χ4n) is 5.09. The minimum absolute atomic E-state index is 0.0402. The normalized spacial score (nSPS) is 21.3. The van der Waals surface area contributed by atoms with Crippen LogP contribution in [0.1, 0.15) is 50.5 Å². The molecular weight excluding hydrogens is 398 g/mol. The summed E-state index contributed by atoms with van der Waals surface area (Å²) in [6.07, 6.45) is 11.8. The largest absolute Gasteiger partial charge is 0.390 e. The second-order valence-corrected chi connectivity index (χ2v) is 9.15. The topological polar surface area (TPSA) is 97.1 Å². The van der Waals surface area contributed by atoms with Gasteiger partial charge in [-0.3, -0.25) is 9.79 Å². The fraction of sp³-hybridized carbons (Fsp3) is 0.609. The number of halogens is 1. The van der Waals surface area contributed by atoms with Gasteiger partial charge in [-0.1, -0.05) is 43.0 Å². The Hall–Kier alpha value is -1.92. The van der Waals surface area contributed by atoms with Crippen LogP contribution in [-0.2, 0) is 11.2 Å². The molecule has 1 amide bonds. The smallest absolute Gasteiger partial charge is 0.239 e. The lowest BCUT2D eigenvalue weighted by atomic mass is 9.63. The summed E-state index contributed by atoms with van der Waals surface area (Å²) in [4.78, 5) is 23.4. The summed E-state index contributed by atoms with van der Waals surface area (Å²) in [6.45, 7) is 2.26. The maximum Gasteiger partial charge on any atom is 0.239 e. The first kappa shape index (κ1) is 22.8. The van der Waals surface area contributed by atoms with Crippen molar-refractivity contribution in [2.45, 2.75) is 57.4 Å². The molecule has 2 aliphatic rings. The Balaban J connectivity index is 1.61. The van der Waals surface area contributed by atoms with Gasteiger partial charge >= 0.3 is 0 Å². The van der Waals surface area contributed by atoms with E-state index in [0.717, 1.165) is 38.0 Å². The molecule has 0 radical (unpaired) electrons. The van der Waals surface area contributed by atoms with Crippen LogP contribution >= 0.6 is 11.6 Å². The van der Waals surface area contributed by atoms with Gasteiger partial charge in [-0.15, -0.1) is 0 Å². The molecule has 1 aliphatic heterocycles. The predicted octanol–water partition coefficient (Wildman–Crippen LogP) is 3.41. The number of likely N-dealkylation sites (tertiary alicyclic amines) is 1. The highest BCUT2D eigenvalue weighted by atomic mass is 35.5. The van der Waals surface area contributed by atoms with Crippen molar-refractivity contribution in [2.75, 3.05) is 19.6 Å². The Morgan fingerprint density at radius 1 is 1.20 bits per heavy atom. The van der Waals surface area contributed by atoms with Crippen LogP contribution in [0.3, 0.4) is 0 Å². The standard InChI is InChI=1S/C23H34ClN5O/c24-20-8-6-18(7-9-20)14-21(26)22(30)29-12-10-23(11-13-29,15-27-17-28-16-25)19-4-2-1-3-5-19/h6-9,16-17,19,21H,1-5,10-15,26H2,(H2,25,27,28). The molecule has 3 rings (SSSR count). The number of carbonyl (C=O) groups excluding carboxylic acids is 1. The molecule has 1 aromatic rings. The Labute approximate surface area is 184 Å². The summed E-state index contributed by atoms with van der Waals surface area (Å²) in [7, 11) is 0. The number of nitrogens with two attached hydrogens (primary N) is 2. The van der Waals surface area contributed by atoms with Crippen molar-refractivity contribution < 1.29 is 4.79 Å². The molecule has 1 atom stereocenters. The van der Waals surface area contributed by atoms with Crippen molar-refractivity contribution in [1.82, 2.24) is 4.90 Å². The minimum Gasteiger partial charge on any atom is -0.390 e. The molecule has 1 unspecified atom stereocenters. The maximum absolute atomic E-state index is 13.0. The van der Waals surface area contributed by atoms with Crippen LogP contribution in [0.15, 0.2) is 34.3 Å². The van der Waals surface area contributed by atoms with Crippen LogP contribution in [0.2, 0.25) is 5.02 Å². The van der Waals surface area contributed by atoms with Crippen molar-refractivity contribution in [1.29, 1.82) is 0 Å². The molecular formula is C23H34ClN5O. The molecule has 1 aliphatic carbocycles. The quantitative estimate of drug-likeness (QED) is 0.511. The van der Waals surface area contributed by atoms with Gasteiger partial charge in [0.2, 0.25) is 5.91 Å². The third-order valence-corrected chi connectivity index (χ3v) is 7.12. The summed E-state index contributed by atoms with van der Waals surface area (Å²) in [5.74, 6) is 0.712. The number of aliphatic imine (C=N–C) groups is 2. The average Bonchev–Trinajstić information content (AvgIpc) is 2.79. The van der Waals surface area contributed by atoms with Crippen LogP contribution in [0.25, 0.3) is 0 Å². The van der Waals surface area contributed by atoms with Crippen molar-refractivity contribution in [2.24, 2.45) is 32.8 Å². The number of carbonyl (C=O) groups is 1. The van der Waals surface area contributed by atoms with E-state index in [9.17, 15) is 4.79 Å². The second-order valence-electron chi connectivity index (χ2n) is 8.71. The number of piperidine rings is 1. The van der Waals surface area contributed by atoms with Crippen molar-refractivity contribution in [3.63, 3.8) is 0 Å². The van der Waals surface area contributed by atoms with Crippen LogP contribution in [0.4, 0.5) is 0 Å². The number of rotatable bonds is 7. The summed E-state index contributed by atoms with van der Waals surface area (Å²) >= 11 is 5.95. The highest BCUT2D eigenvalue weighted by Crippen LogP contribution is 2.46. The number of nitrogens with zero attached hydrogens (tertiary/aromatic N) is 3. The number of hydrogen-bond acceptors (Lipinski definition) is 3. The third kappa shape index (κ3) is 5.82.